The van der Waals surface area contributed by atoms with Crippen molar-refractivity contribution < 1.29 is 23.1 Å². The van der Waals surface area contributed by atoms with Gasteiger partial charge in [0.05, 0.1) is 25.3 Å². The molecule has 8 nitrogen and oxygen atoms in total. The predicted molar refractivity (Wildman–Crippen MR) is 117 cm³/mol. The van der Waals surface area contributed by atoms with Gasteiger partial charge in [0.15, 0.2) is 0 Å². The molecule has 1 amide bonds. The number of hydrogen-bond acceptors (Lipinski definition) is 6. The van der Waals surface area contributed by atoms with Crippen molar-refractivity contribution in [1.82, 2.24) is 5.43 Å². The molecule has 3 aromatic rings. The molecule has 0 aliphatic rings. The average Bonchev–Trinajstić information content (AvgIpc) is 2.73. The van der Waals surface area contributed by atoms with Crippen molar-refractivity contribution >= 4 is 38.6 Å². The number of phenols is 1. The fourth-order valence-electron chi connectivity index (χ4n) is 2.92. The summed E-state index contributed by atoms with van der Waals surface area (Å²) in [6.07, 6.45) is 2.34. The Hall–Kier alpha value is -3.59. The second-order valence-corrected chi connectivity index (χ2v) is 8.39. The van der Waals surface area contributed by atoms with Gasteiger partial charge >= 0.3 is 0 Å². The summed E-state index contributed by atoms with van der Waals surface area (Å²) in [7, 11) is -2.26. The maximum Gasteiger partial charge on any atom is 0.260 e. The van der Waals surface area contributed by atoms with E-state index in [0.29, 0.717) is 17.0 Å². The van der Waals surface area contributed by atoms with Gasteiger partial charge in [0.1, 0.15) is 18.0 Å². The summed E-state index contributed by atoms with van der Waals surface area (Å²) in [4.78, 5) is 12.3. The number of amides is 1. The summed E-state index contributed by atoms with van der Waals surface area (Å²) in [5.74, 6) is -0.161. The van der Waals surface area contributed by atoms with Crippen molar-refractivity contribution in [2.75, 3.05) is 24.2 Å². The molecule has 0 saturated heterocycles. The fourth-order valence-corrected chi connectivity index (χ4v) is 3.77. The molecule has 0 spiro atoms. The molecule has 156 valence electrons. The molecule has 0 bridgehead atoms. The first kappa shape index (κ1) is 21.1. The summed E-state index contributed by atoms with van der Waals surface area (Å²) in [5, 5.41) is 15.7. The summed E-state index contributed by atoms with van der Waals surface area (Å²) in [6, 6.07) is 17.1. The van der Waals surface area contributed by atoms with Gasteiger partial charge in [-0.15, -0.1) is 0 Å². The molecule has 3 aromatic carbocycles. The molecule has 30 heavy (non-hydrogen) atoms. The zero-order chi connectivity index (χ0) is 21.7. The first-order valence-electron chi connectivity index (χ1n) is 8.94. The van der Waals surface area contributed by atoms with E-state index in [4.69, 9.17) is 4.74 Å². The highest BCUT2D eigenvalue weighted by Crippen LogP contribution is 2.25. The predicted octanol–water partition coefficient (Wildman–Crippen LogP) is 2.47. The van der Waals surface area contributed by atoms with Gasteiger partial charge in [-0.1, -0.05) is 36.4 Å². The van der Waals surface area contributed by atoms with E-state index < -0.39 is 22.5 Å². The first-order valence-corrected chi connectivity index (χ1v) is 10.8. The van der Waals surface area contributed by atoms with Crippen molar-refractivity contribution in [2.24, 2.45) is 5.10 Å². The molecule has 0 unspecified atom stereocenters. The number of benzene rings is 3. The van der Waals surface area contributed by atoms with Crippen LogP contribution in [0.3, 0.4) is 0 Å². The van der Waals surface area contributed by atoms with Crippen LogP contribution in [0.25, 0.3) is 10.8 Å². The van der Waals surface area contributed by atoms with Gasteiger partial charge in [-0.3, -0.25) is 9.10 Å². The van der Waals surface area contributed by atoms with E-state index in [-0.39, 0.29) is 5.75 Å². The standard InChI is InChI=1S/C21H21N3O5S/c1-29-17-8-5-7-16(12-17)24(30(2,27)28)14-21(26)23-22-13-19-18-9-4-3-6-15(18)10-11-20(19)25/h3-13,25H,14H2,1-2H3,(H,23,26)/b22-13-. The molecule has 0 aliphatic carbocycles. The number of hydrazone groups is 1. The van der Waals surface area contributed by atoms with Crippen molar-refractivity contribution in [2.45, 2.75) is 0 Å². The second kappa shape index (κ2) is 8.83. The Balaban J connectivity index is 1.78. The number of methoxy groups -OCH3 is 1. The van der Waals surface area contributed by atoms with Crippen molar-refractivity contribution in [1.29, 1.82) is 0 Å². The lowest BCUT2D eigenvalue weighted by molar-refractivity contribution is -0.119. The van der Waals surface area contributed by atoms with E-state index >= 15 is 0 Å². The number of sulfonamides is 1. The van der Waals surface area contributed by atoms with E-state index in [1.165, 1.54) is 19.4 Å². The number of carbonyl (C=O) groups excluding carboxylic acids is 1. The van der Waals surface area contributed by atoms with Crippen LogP contribution in [-0.2, 0) is 14.8 Å². The molecule has 0 heterocycles. The molecular formula is C21H21N3O5S. The van der Waals surface area contributed by atoms with E-state index in [1.54, 1.807) is 30.3 Å². The third-order valence-electron chi connectivity index (χ3n) is 4.36. The molecule has 0 fully saturated rings. The molecule has 9 heteroatoms. The van der Waals surface area contributed by atoms with E-state index in [2.05, 4.69) is 10.5 Å². The second-order valence-electron chi connectivity index (χ2n) is 6.48. The molecule has 0 atom stereocenters. The minimum absolute atomic E-state index is 0.0147. The van der Waals surface area contributed by atoms with Gasteiger partial charge in [0, 0.05) is 11.6 Å². The number of nitrogens with one attached hydrogen (secondary N) is 1. The number of hydrogen-bond donors (Lipinski definition) is 2. The Morgan fingerprint density at radius 3 is 2.67 bits per heavy atom. The lowest BCUT2D eigenvalue weighted by Crippen LogP contribution is -2.39. The van der Waals surface area contributed by atoms with E-state index in [9.17, 15) is 18.3 Å². The van der Waals surface area contributed by atoms with Crippen LogP contribution >= 0.6 is 0 Å². The Labute approximate surface area is 174 Å². The van der Waals surface area contributed by atoms with Gasteiger partial charge in [0.2, 0.25) is 10.0 Å². The van der Waals surface area contributed by atoms with Crippen molar-refractivity contribution in [3.63, 3.8) is 0 Å². The summed E-state index contributed by atoms with van der Waals surface area (Å²) in [5.41, 5.74) is 3.05. The lowest BCUT2D eigenvalue weighted by atomic mass is 10.0. The van der Waals surface area contributed by atoms with Crippen LogP contribution in [0.4, 0.5) is 5.69 Å². The first-order chi connectivity index (χ1) is 14.3. The summed E-state index contributed by atoms with van der Waals surface area (Å²) in [6.45, 7) is -0.467. The molecule has 3 rings (SSSR count). The molecular weight excluding hydrogens is 406 g/mol. The van der Waals surface area contributed by atoms with Crippen molar-refractivity contribution in [3.8, 4) is 11.5 Å². The Morgan fingerprint density at radius 2 is 1.93 bits per heavy atom. The monoisotopic (exact) mass is 427 g/mol. The van der Waals surface area contributed by atoms with E-state index in [0.717, 1.165) is 21.3 Å². The number of nitrogens with zero attached hydrogens (tertiary/aromatic N) is 2. The number of rotatable bonds is 7. The minimum Gasteiger partial charge on any atom is -0.507 e. The lowest BCUT2D eigenvalue weighted by Gasteiger charge is -2.21. The van der Waals surface area contributed by atoms with Gasteiger partial charge in [-0.05, 0) is 29.0 Å². The van der Waals surface area contributed by atoms with Crippen LogP contribution in [0.15, 0.2) is 65.8 Å². The average molecular weight is 427 g/mol. The number of fused-ring (bicyclic) bond motifs is 1. The topological polar surface area (TPSA) is 108 Å². The SMILES string of the molecule is COc1cccc(N(CC(=O)N/N=C\c2c(O)ccc3ccccc23)S(C)(=O)=O)c1. The molecule has 0 aromatic heterocycles. The van der Waals surface area contributed by atoms with Crippen molar-refractivity contribution in [3.05, 3.63) is 66.2 Å². The smallest absolute Gasteiger partial charge is 0.260 e. The number of carbonyl (C=O) groups is 1. The van der Waals surface area contributed by atoms with Crippen LogP contribution in [0.2, 0.25) is 0 Å². The Kier molecular flexibility index (Phi) is 6.22. The van der Waals surface area contributed by atoms with Gasteiger partial charge in [-0.2, -0.15) is 5.10 Å². The third kappa shape index (κ3) is 4.87. The normalized spacial score (nSPS) is 11.5. The Morgan fingerprint density at radius 1 is 1.17 bits per heavy atom. The van der Waals surface area contributed by atoms with Gasteiger partial charge < -0.3 is 9.84 Å². The summed E-state index contributed by atoms with van der Waals surface area (Å²) < 4.78 is 30.4. The zero-order valence-corrected chi connectivity index (χ0v) is 17.3. The number of phenolic OH excluding ortho intramolecular Hbond substituents is 1. The minimum atomic E-state index is -3.73. The number of ether oxygens (including phenoxy) is 1. The fraction of sp³-hybridized carbons (Fsp3) is 0.143. The Bertz CT molecular complexity index is 1210. The molecule has 0 saturated carbocycles. The van der Waals surface area contributed by atoms with Gasteiger partial charge in [0.25, 0.3) is 5.91 Å². The summed E-state index contributed by atoms with van der Waals surface area (Å²) >= 11 is 0. The largest absolute Gasteiger partial charge is 0.507 e. The highest BCUT2D eigenvalue weighted by Gasteiger charge is 2.21. The maximum atomic E-state index is 12.3. The maximum absolute atomic E-state index is 12.3. The number of anilines is 1. The zero-order valence-electron chi connectivity index (χ0n) is 16.4. The highest BCUT2D eigenvalue weighted by molar-refractivity contribution is 7.92. The number of aromatic hydroxyl groups is 1. The molecule has 0 aliphatic heterocycles. The highest BCUT2D eigenvalue weighted by atomic mass is 32.2. The van der Waals surface area contributed by atoms with Crippen LogP contribution in [-0.4, -0.2) is 45.6 Å². The quantitative estimate of drug-likeness (QED) is 0.445. The van der Waals surface area contributed by atoms with E-state index in [1.807, 2.05) is 24.3 Å². The van der Waals surface area contributed by atoms with Gasteiger partial charge in [-0.25, -0.2) is 13.8 Å². The third-order valence-corrected chi connectivity index (χ3v) is 5.50. The molecule has 0 radical (unpaired) electrons. The van der Waals surface area contributed by atoms with Crippen LogP contribution in [0, 0.1) is 0 Å². The van der Waals surface area contributed by atoms with Crippen LogP contribution in [0.1, 0.15) is 5.56 Å². The van der Waals surface area contributed by atoms with Crippen LogP contribution in [0.5, 0.6) is 11.5 Å². The molecule has 2 N–H and O–H groups in total. The van der Waals surface area contributed by atoms with Crippen LogP contribution < -0.4 is 14.5 Å².